The third kappa shape index (κ3) is 3.41. The summed E-state index contributed by atoms with van der Waals surface area (Å²) in [7, 11) is 0. The van der Waals surface area contributed by atoms with Crippen molar-refractivity contribution in [1.82, 2.24) is 4.98 Å². The lowest BCUT2D eigenvalue weighted by atomic mass is 10.1. The molecule has 0 saturated carbocycles. The monoisotopic (exact) mass is 301 g/mol. The van der Waals surface area contributed by atoms with E-state index >= 15 is 0 Å². The summed E-state index contributed by atoms with van der Waals surface area (Å²) >= 11 is 0. The molecule has 2 rings (SSSR count). The van der Waals surface area contributed by atoms with Gasteiger partial charge in [0, 0.05) is 17.1 Å². The number of pyridine rings is 1. The van der Waals surface area contributed by atoms with Crippen molar-refractivity contribution in [3.8, 4) is 0 Å². The van der Waals surface area contributed by atoms with Crippen LogP contribution in [0.5, 0.6) is 0 Å². The Balaban J connectivity index is 2.27. The number of fused-ring (bicyclic) bond motifs is 1. The molecule has 0 amide bonds. The Kier molecular flexibility index (Phi) is 4.73. The SMILES string of the molecule is CCOC(=O)CC=Cc1ccc2c(=O)c(C(=O)O)c[nH]c2c1. The predicted octanol–water partition coefficient (Wildman–Crippen LogP) is 2.19. The molecule has 0 aliphatic rings. The van der Waals surface area contributed by atoms with Gasteiger partial charge in [0.15, 0.2) is 0 Å². The molecule has 0 unspecified atom stereocenters. The van der Waals surface area contributed by atoms with Crippen LogP contribution in [0.4, 0.5) is 0 Å². The Bertz CT molecular complexity index is 804. The van der Waals surface area contributed by atoms with Crippen molar-refractivity contribution in [1.29, 1.82) is 0 Å². The van der Waals surface area contributed by atoms with Crippen LogP contribution >= 0.6 is 0 Å². The van der Waals surface area contributed by atoms with Crippen LogP contribution in [-0.2, 0) is 9.53 Å². The predicted molar refractivity (Wildman–Crippen MR) is 81.8 cm³/mol. The van der Waals surface area contributed by atoms with Gasteiger partial charge in [0.25, 0.3) is 0 Å². The van der Waals surface area contributed by atoms with Gasteiger partial charge >= 0.3 is 11.9 Å². The number of aromatic amines is 1. The van der Waals surface area contributed by atoms with Gasteiger partial charge in [0.2, 0.25) is 5.43 Å². The summed E-state index contributed by atoms with van der Waals surface area (Å²) in [5, 5.41) is 9.22. The zero-order chi connectivity index (χ0) is 16.1. The lowest BCUT2D eigenvalue weighted by molar-refractivity contribution is -0.142. The molecule has 0 atom stereocenters. The average Bonchev–Trinajstić information content (AvgIpc) is 2.47. The number of ether oxygens (including phenoxy) is 1. The lowest BCUT2D eigenvalue weighted by Crippen LogP contribution is -2.15. The number of aromatic nitrogens is 1. The molecule has 2 aromatic rings. The number of esters is 1. The molecule has 0 aliphatic carbocycles. The largest absolute Gasteiger partial charge is 0.477 e. The summed E-state index contributed by atoms with van der Waals surface area (Å²) in [5.41, 5.74) is 0.505. The minimum absolute atomic E-state index is 0.167. The van der Waals surface area contributed by atoms with Crippen LogP contribution < -0.4 is 5.43 Å². The topological polar surface area (TPSA) is 96.5 Å². The molecule has 0 bridgehead atoms. The first-order valence-electron chi connectivity index (χ1n) is 6.74. The van der Waals surface area contributed by atoms with Crippen molar-refractivity contribution in [2.75, 3.05) is 6.61 Å². The van der Waals surface area contributed by atoms with E-state index in [9.17, 15) is 14.4 Å². The van der Waals surface area contributed by atoms with Crippen LogP contribution in [0.15, 0.2) is 35.3 Å². The molecule has 0 aliphatic heterocycles. The molecule has 2 N–H and O–H groups in total. The summed E-state index contributed by atoms with van der Waals surface area (Å²) in [5.74, 6) is -1.57. The van der Waals surface area contributed by atoms with Gasteiger partial charge in [-0.25, -0.2) is 4.79 Å². The normalized spacial score (nSPS) is 11.0. The summed E-state index contributed by atoms with van der Waals surface area (Å²) in [6, 6.07) is 4.96. The number of aromatic carboxylic acids is 1. The Morgan fingerprint density at radius 2 is 2.14 bits per heavy atom. The maximum absolute atomic E-state index is 12.0. The Morgan fingerprint density at radius 3 is 2.82 bits per heavy atom. The fraction of sp³-hybridized carbons (Fsp3) is 0.188. The van der Waals surface area contributed by atoms with Gasteiger partial charge in [0.05, 0.1) is 13.0 Å². The number of hydrogen-bond donors (Lipinski definition) is 2. The fourth-order valence-corrected chi connectivity index (χ4v) is 2.01. The second-order valence-electron chi connectivity index (χ2n) is 4.55. The first-order chi connectivity index (χ1) is 10.5. The van der Waals surface area contributed by atoms with Crippen molar-refractivity contribution >= 4 is 28.9 Å². The van der Waals surface area contributed by atoms with E-state index in [1.165, 1.54) is 6.20 Å². The quantitative estimate of drug-likeness (QED) is 0.825. The molecule has 1 heterocycles. The summed E-state index contributed by atoms with van der Waals surface area (Å²) in [6.45, 7) is 2.09. The number of hydrogen-bond acceptors (Lipinski definition) is 4. The Hall–Kier alpha value is -2.89. The molecule has 22 heavy (non-hydrogen) atoms. The van der Waals surface area contributed by atoms with Crippen LogP contribution in [0.3, 0.4) is 0 Å². The van der Waals surface area contributed by atoms with E-state index in [0.717, 1.165) is 5.56 Å². The average molecular weight is 301 g/mol. The van der Waals surface area contributed by atoms with E-state index < -0.39 is 11.4 Å². The number of carbonyl (C=O) groups is 2. The molecule has 6 nitrogen and oxygen atoms in total. The third-order valence-electron chi connectivity index (χ3n) is 3.04. The highest BCUT2D eigenvalue weighted by Crippen LogP contribution is 2.13. The number of carboxylic acid groups (broad SMARTS) is 1. The van der Waals surface area contributed by atoms with Gasteiger partial charge < -0.3 is 14.8 Å². The van der Waals surface area contributed by atoms with Crippen LogP contribution in [0.25, 0.3) is 17.0 Å². The molecular weight excluding hydrogens is 286 g/mol. The van der Waals surface area contributed by atoms with Gasteiger partial charge in [-0.3, -0.25) is 9.59 Å². The van der Waals surface area contributed by atoms with Gasteiger partial charge in [-0.05, 0) is 24.6 Å². The van der Waals surface area contributed by atoms with E-state index in [1.807, 2.05) is 0 Å². The molecule has 6 heteroatoms. The van der Waals surface area contributed by atoms with Crippen molar-refractivity contribution < 1.29 is 19.4 Å². The molecule has 0 spiro atoms. The molecule has 0 saturated heterocycles. The highest BCUT2D eigenvalue weighted by molar-refractivity contribution is 5.92. The summed E-state index contributed by atoms with van der Waals surface area (Å²) < 4.78 is 4.81. The van der Waals surface area contributed by atoms with E-state index in [4.69, 9.17) is 9.84 Å². The summed E-state index contributed by atoms with van der Waals surface area (Å²) in [6.07, 6.45) is 4.75. The van der Waals surface area contributed by atoms with E-state index in [1.54, 1.807) is 37.3 Å². The van der Waals surface area contributed by atoms with Crippen molar-refractivity contribution in [2.24, 2.45) is 0 Å². The number of H-pyrrole nitrogens is 1. The van der Waals surface area contributed by atoms with E-state index in [0.29, 0.717) is 17.5 Å². The number of carbonyl (C=O) groups excluding carboxylic acids is 1. The third-order valence-corrected chi connectivity index (χ3v) is 3.04. The Labute approximate surface area is 126 Å². The molecule has 114 valence electrons. The number of rotatable bonds is 5. The molecule has 1 aromatic heterocycles. The van der Waals surface area contributed by atoms with Crippen LogP contribution in [0.1, 0.15) is 29.3 Å². The highest BCUT2D eigenvalue weighted by Gasteiger charge is 2.11. The highest BCUT2D eigenvalue weighted by atomic mass is 16.5. The minimum Gasteiger partial charge on any atom is -0.477 e. The van der Waals surface area contributed by atoms with Crippen LogP contribution in [0, 0.1) is 0 Å². The molecule has 0 radical (unpaired) electrons. The first kappa shape index (κ1) is 15.5. The molecule has 1 aromatic carbocycles. The van der Waals surface area contributed by atoms with Crippen LogP contribution in [-0.4, -0.2) is 28.6 Å². The zero-order valence-electron chi connectivity index (χ0n) is 12.0. The standard InChI is InChI=1S/C16H15NO5/c1-2-22-14(18)5-3-4-10-6-7-11-13(8-10)17-9-12(15(11)19)16(20)21/h3-4,6-9H,2,5H2,1H3,(H,17,19)(H,20,21). The number of benzene rings is 1. The van der Waals surface area contributed by atoms with E-state index in [2.05, 4.69) is 4.98 Å². The maximum atomic E-state index is 12.0. The second-order valence-corrected chi connectivity index (χ2v) is 4.55. The lowest BCUT2D eigenvalue weighted by Gasteiger charge is -2.01. The minimum atomic E-state index is -1.26. The first-order valence-corrected chi connectivity index (χ1v) is 6.74. The van der Waals surface area contributed by atoms with Crippen molar-refractivity contribution in [3.05, 3.63) is 51.8 Å². The summed E-state index contributed by atoms with van der Waals surface area (Å²) in [4.78, 5) is 36.9. The van der Waals surface area contributed by atoms with E-state index in [-0.39, 0.29) is 18.0 Å². The van der Waals surface area contributed by atoms with Crippen molar-refractivity contribution in [3.63, 3.8) is 0 Å². The van der Waals surface area contributed by atoms with Gasteiger partial charge in [-0.15, -0.1) is 0 Å². The Morgan fingerprint density at radius 1 is 1.36 bits per heavy atom. The fourth-order valence-electron chi connectivity index (χ4n) is 2.01. The number of nitrogens with one attached hydrogen (secondary N) is 1. The number of carboxylic acids is 1. The zero-order valence-corrected chi connectivity index (χ0v) is 12.0. The second kappa shape index (κ2) is 6.71. The van der Waals surface area contributed by atoms with Crippen LogP contribution in [0.2, 0.25) is 0 Å². The van der Waals surface area contributed by atoms with Gasteiger partial charge in [0.1, 0.15) is 5.56 Å². The smallest absolute Gasteiger partial charge is 0.341 e. The molecular formula is C16H15NO5. The molecule has 0 fully saturated rings. The van der Waals surface area contributed by atoms with Gasteiger partial charge in [-0.1, -0.05) is 18.2 Å². The van der Waals surface area contributed by atoms with Crippen molar-refractivity contribution in [2.45, 2.75) is 13.3 Å². The maximum Gasteiger partial charge on any atom is 0.341 e. The van der Waals surface area contributed by atoms with Gasteiger partial charge in [-0.2, -0.15) is 0 Å².